The van der Waals surface area contributed by atoms with Gasteiger partial charge in [-0.3, -0.25) is 5.32 Å². The first kappa shape index (κ1) is 15.9. The first-order valence-electron chi connectivity index (χ1n) is 7.74. The number of aromatic nitrogens is 2. The van der Waals surface area contributed by atoms with Crippen LogP contribution in [0.1, 0.15) is 32.1 Å². The lowest BCUT2D eigenvalue weighted by molar-refractivity contribution is 0.0667. The number of amides is 2. The van der Waals surface area contributed by atoms with E-state index in [-0.39, 0.29) is 18.2 Å². The second kappa shape index (κ2) is 7.56. The molecule has 0 aliphatic heterocycles. The van der Waals surface area contributed by atoms with E-state index in [1.165, 1.54) is 17.8 Å². The molecule has 2 aromatic heterocycles. The van der Waals surface area contributed by atoms with E-state index >= 15 is 0 Å². The fraction of sp³-hybridized carbons (Fsp3) is 0.533. The molecule has 3 rings (SSSR count). The number of methoxy groups -OCH3 is 1. The van der Waals surface area contributed by atoms with E-state index in [9.17, 15) is 4.79 Å². The highest BCUT2D eigenvalue weighted by molar-refractivity contribution is 7.18. The molecule has 2 amide bonds. The van der Waals surface area contributed by atoms with E-state index < -0.39 is 0 Å². The molecule has 1 aliphatic rings. The summed E-state index contributed by atoms with van der Waals surface area (Å²) in [6, 6.07) is 3.34. The van der Waals surface area contributed by atoms with Crippen LogP contribution in [0.4, 0.5) is 9.93 Å². The molecule has 1 saturated carbocycles. The number of furan rings is 1. The summed E-state index contributed by atoms with van der Waals surface area (Å²) in [6.45, 7) is 0. The standard InChI is InChI=1S/C15H20N4O3S/c1-21-11-7-4-2-3-6-10(11)16-14(20)17-15-19-18-13(23-15)12-8-5-9-22-12/h5,8-11H,2-4,6-7H2,1H3,(H2,16,17,19,20)/t10-,11+/m1/s1. The van der Waals surface area contributed by atoms with Gasteiger partial charge in [-0.1, -0.05) is 30.6 Å². The maximum Gasteiger partial charge on any atom is 0.321 e. The summed E-state index contributed by atoms with van der Waals surface area (Å²) in [4.78, 5) is 12.2. The molecule has 1 aliphatic carbocycles. The Balaban J connectivity index is 1.58. The predicted molar refractivity (Wildman–Crippen MR) is 87.4 cm³/mol. The Bertz CT molecular complexity index is 628. The Morgan fingerprint density at radius 2 is 2.22 bits per heavy atom. The number of carbonyl (C=O) groups excluding carboxylic acids is 1. The third-order valence-corrected chi connectivity index (χ3v) is 4.80. The molecule has 23 heavy (non-hydrogen) atoms. The van der Waals surface area contributed by atoms with Gasteiger partial charge in [-0.05, 0) is 25.0 Å². The number of rotatable bonds is 4. The highest BCUT2D eigenvalue weighted by atomic mass is 32.1. The van der Waals surface area contributed by atoms with E-state index in [1.54, 1.807) is 25.5 Å². The molecule has 1 fully saturated rings. The van der Waals surface area contributed by atoms with Crippen LogP contribution in [0.25, 0.3) is 10.8 Å². The van der Waals surface area contributed by atoms with Crippen molar-refractivity contribution in [3.8, 4) is 10.8 Å². The number of anilines is 1. The van der Waals surface area contributed by atoms with Crippen LogP contribution in [0.2, 0.25) is 0 Å². The maximum absolute atomic E-state index is 12.2. The quantitative estimate of drug-likeness (QED) is 0.837. The minimum absolute atomic E-state index is 0.0277. The van der Waals surface area contributed by atoms with E-state index in [1.807, 2.05) is 0 Å². The molecular formula is C15H20N4O3S. The van der Waals surface area contributed by atoms with Gasteiger partial charge in [0.2, 0.25) is 5.13 Å². The first-order valence-corrected chi connectivity index (χ1v) is 8.55. The van der Waals surface area contributed by atoms with Gasteiger partial charge in [0, 0.05) is 7.11 Å². The fourth-order valence-corrected chi connectivity index (χ4v) is 3.50. The van der Waals surface area contributed by atoms with Gasteiger partial charge >= 0.3 is 6.03 Å². The van der Waals surface area contributed by atoms with Crippen LogP contribution >= 0.6 is 11.3 Å². The maximum atomic E-state index is 12.2. The third kappa shape index (κ3) is 4.08. The number of hydrogen-bond acceptors (Lipinski definition) is 6. The Labute approximate surface area is 138 Å². The number of ether oxygens (including phenoxy) is 1. The molecule has 0 spiro atoms. The van der Waals surface area contributed by atoms with Gasteiger partial charge < -0.3 is 14.5 Å². The largest absolute Gasteiger partial charge is 0.462 e. The van der Waals surface area contributed by atoms with Gasteiger partial charge in [-0.15, -0.1) is 10.2 Å². The number of carbonyl (C=O) groups is 1. The molecule has 8 heteroatoms. The zero-order valence-electron chi connectivity index (χ0n) is 12.9. The summed E-state index contributed by atoms with van der Waals surface area (Å²) in [5.41, 5.74) is 0. The molecule has 0 radical (unpaired) electrons. The molecule has 0 bridgehead atoms. The van der Waals surface area contributed by atoms with Crippen molar-refractivity contribution >= 4 is 22.5 Å². The van der Waals surface area contributed by atoms with Crippen LogP contribution in [0.5, 0.6) is 0 Å². The fourth-order valence-electron chi connectivity index (χ4n) is 2.80. The smallest absolute Gasteiger partial charge is 0.321 e. The van der Waals surface area contributed by atoms with Gasteiger partial charge in [0.15, 0.2) is 10.8 Å². The normalized spacial score (nSPS) is 21.6. The molecule has 0 unspecified atom stereocenters. The van der Waals surface area contributed by atoms with Crippen molar-refractivity contribution in [3.05, 3.63) is 18.4 Å². The van der Waals surface area contributed by atoms with Gasteiger partial charge in [0.1, 0.15) is 0 Å². The Hall–Kier alpha value is -1.93. The molecule has 2 aromatic rings. The molecule has 2 heterocycles. The SMILES string of the molecule is CO[C@H]1CCCCC[C@H]1NC(=O)Nc1nnc(-c2ccco2)s1. The minimum Gasteiger partial charge on any atom is -0.462 e. The van der Waals surface area contributed by atoms with Crippen LogP contribution in [0.3, 0.4) is 0 Å². The van der Waals surface area contributed by atoms with Crippen molar-refractivity contribution < 1.29 is 13.9 Å². The van der Waals surface area contributed by atoms with Gasteiger partial charge in [-0.2, -0.15) is 0 Å². The minimum atomic E-state index is -0.277. The molecule has 2 atom stereocenters. The number of urea groups is 1. The van der Waals surface area contributed by atoms with Gasteiger partial charge in [0.25, 0.3) is 0 Å². The van der Waals surface area contributed by atoms with Crippen molar-refractivity contribution in [1.29, 1.82) is 0 Å². The highest BCUT2D eigenvalue weighted by Gasteiger charge is 2.25. The van der Waals surface area contributed by atoms with E-state index in [0.717, 1.165) is 25.7 Å². The van der Waals surface area contributed by atoms with Crippen molar-refractivity contribution in [2.24, 2.45) is 0 Å². The predicted octanol–water partition coefficient (Wildman–Crippen LogP) is 3.27. The third-order valence-electron chi connectivity index (χ3n) is 3.95. The molecule has 7 nitrogen and oxygen atoms in total. The monoisotopic (exact) mass is 336 g/mol. The second-order valence-corrected chi connectivity index (χ2v) is 6.48. The summed E-state index contributed by atoms with van der Waals surface area (Å²) in [6.07, 6.45) is 6.97. The Morgan fingerprint density at radius 3 is 3.00 bits per heavy atom. The Morgan fingerprint density at radius 1 is 1.35 bits per heavy atom. The highest BCUT2D eigenvalue weighted by Crippen LogP contribution is 2.26. The molecule has 0 aromatic carbocycles. The average Bonchev–Trinajstić information content (AvgIpc) is 3.17. The number of nitrogens with zero attached hydrogens (tertiary/aromatic N) is 2. The summed E-state index contributed by atoms with van der Waals surface area (Å²) >= 11 is 1.27. The number of hydrogen-bond donors (Lipinski definition) is 2. The Kier molecular flexibility index (Phi) is 5.24. The van der Waals surface area contributed by atoms with Crippen LogP contribution in [-0.4, -0.2) is 35.5 Å². The van der Waals surface area contributed by atoms with E-state index in [4.69, 9.17) is 9.15 Å². The van der Waals surface area contributed by atoms with Crippen LogP contribution < -0.4 is 10.6 Å². The lowest BCUT2D eigenvalue weighted by Gasteiger charge is -2.24. The summed E-state index contributed by atoms with van der Waals surface area (Å²) in [5.74, 6) is 0.638. The van der Waals surface area contributed by atoms with Gasteiger partial charge in [-0.25, -0.2) is 4.79 Å². The average molecular weight is 336 g/mol. The second-order valence-electron chi connectivity index (χ2n) is 5.51. The first-order chi connectivity index (χ1) is 11.3. The lowest BCUT2D eigenvalue weighted by atomic mass is 10.1. The van der Waals surface area contributed by atoms with Crippen molar-refractivity contribution in [2.45, 2.75) is 44.2 Å². The van der Waals surface area contributed by atoms with Gasteiger partial charge in [0.05, 0.1) is 18.4 Å². The zero-order valence-corrected chi connectivity index (χ0v) is 13.8. The zero-order chi connectivity index (χ0) is 16.1. The topological polar surface area (TPSA) is 89.3 Å². The molecule has 2 N–H and O–H groups in total. The van der Waals surface area contributed by atoms with Crippen molar-refractivity contribution in [1.82, 2.24) is 15.5 Å². The van der Waals surface area contributed by atoms with E-state index in [0.29, 0.717) is 15.9 Å². The molecule has 0 saturated heterocycles. The molecular weight excluding hydrogens is 316 g/mol. The summed E-state index contributed by atoms with van der Waals surface area (Å²) in [5, 5.41) is 14.8. The van der Waals surface area contributed by atoms with Crippen LogP contribution in [-0.2, 0) is 4.74 Å². The summed E-state index contributed by atoms with van der Waals surface area (Å²) < 4.78 is 10.8. The number of nitrogens with one attached hydrogen (secondary N) is 2. The summed E-state index contributed by atoms with van der Waals surface area (Å²) in [7, 11) is 1.70. The van der Waals surface area contributed by atoms with Crippen molar-refractivity contribution in [2.75, 3.05) is 12.4 Å². The lowest BCUT2D eigenvalue weighted by Crippen LogP contribution is -2.45. The van der Waals surface area contributed by atoms with Crippen molar-refractivity contribution in [3.63, 3.8) is 0 Å². The van der Waals surface area contributed by atoms with E-state index in [2.05, 4.69) is 20.8 Å². The molecule has 124 valence electrons. The van der Waals surface area contributed by atoms with Crippen LogP contribution in [0.15, 0.2) is 22.8 Å². The van der Waals surface area contributed by atoms with Crippen LogP contribution in [0, 0.1) is 0 Å².